The van der Waals surface area contributed by atoms with Gasteiger partial charge < -0.3 is 9.84 Å². The molecule has 0 rings (SSSR count). The Kier molecular flexibility index (Phi) is 5.85. The van der Waals surface area contributed by atoms with Gasteiger partial charge in [-0.2, -0.15) is 0 Å². The van der Waals surface area contributed by atoms with Crippen LogP contribution >= 0.6 is 0 Å². The van der Waals surface area contributed by atoms with E-state index in [1.165, 1.54) is 0 Å². The normalized spacial score (nSPS) is 11.4. The highest BCUT2D eigenvalue weighted by atomic mass is 16.6. The Bertz CT molecular complexity index is 304. The first-order chi connectivity index (χ1) is 7.64. The minimum absolute atomic E-state index is 0.314. The minimum atomic E-state index is -1.10. The summed E-state index contributed by atoms with van der Waals surface area (Å²) in [6, 6.07) is 0. The molecule has 0 fully saturated rings. The van der Waals surface area contributed by atoms with E-state index in [9.17, 15) is 14.4 Å². The van der Waals surface area contributed by atoms with Crippen LogP contribution in [0.1, 0.15) is 47.0 Å². The summed E-state index contributed by atoms with van der Waals surface area (Å²) in [7, 11) is 0. The van der Waals surface area contributed by atoms with Crippen molar-refractivity contribution >= 4 is 17.7 Å². The number of ether oxygens (including phenoxy) is 1. The van der Waals surface area contributed by atoms with Crippen LogP contribution in [0.5, 0.6) is 0 Å². The van der Waals surface area contributed by atoms with Crippen LogP contribution in [0.25, 0.3) is 0 Å². The SMILES string of the molecule is CC(C)CC(C)(C)OC(=O)C(=O)CCC(=O)O. The van der Waals surface area contributed by atoms with Crippen LogP contribution in [0.2, 0.25) is 0 Å². The monoisotopic (exact) mass is 244 g/mol. The zero-order valence-corrected chi connectivity index (χ0v) is 10.8. The summed E-state index contributed by atoms with van der Waals surface area (Å²) in [6.45, 7) is 7.44. The molecule has 0 spiro atoms. The van der Waals surface area contributed by atoms with Gasteiger partial charge in [-0.1, -0.05) is 13.8 Å². The summed E-state index contributed by atoms with van der Waals surface area (Å²) >= 11 is 0. The number of hydrogen-bond donors (Lipinski definition) is 1. The van der Waals surface area contributed by atoms with E-state index in [4.69, 9.17) is 9.84 Å². The quantitative estimate of drug-likeness (QED) is 0.545. The molecule has 0 saturated heterocycles. The van der Waals surface area contributed by atoms with Crippen molar-refractivity contribution in [3.8, 4) is 0 Å². The molecule has 1 N–H and O–H groups in total. The second kappa shape index (κ2) is 6.37. The minimum Gasteiger partial charge on any atom is -0.481 e. The van der Waals surface area contributed by atoms with Crippen LogP contribution in [0.15, 0.2) is 0 Å². The third-order valence-corrected chi connectivity index (χ3v) is 2.06. The van der Waals surface area contributed by atoms with Gasteiger partial charge in [0, 0.05) is 6.42 Å². The standard InChI is InChI=1S/C12H20O5/c1-8(2)7-12(3,4)17-11(16)9(13)5-6-10(14)15/h8H,5-7H2,1-4H3,(H,14,15). The predicted molar refractivity (Wildman–Crippen MR) is 61.5 cm³/mol. The van der Waals surface area contributed by atoms with Crippen molar-refractivity contribution in [3.05, 3.63) is 0 Å². The average Bonchev–Trinajstić information content (AvgIpc) is 2.10. The zero-order valence-electron chi connectivity index (χ0n) is 10.8. The van der Waals surface area contributed by atoms with Crippen LogP contribution in [0.3, 0.4) is 0 Å². The molecule has 0 heterocycles. The summed E-state index contributed by atoms with van der Waals surface area (Å²) in [5.41, 5.74) is -0.704. The van der Waals surface area contributed by atoms with Crippen molar-refractivity contribution in [2.45, 2.75) is 52.6 Å². The summed E-state index contributed by atoms with van der Waals surface area (Å²) in [4.78, 5) is 32.9. The molecule has 0 unspecified atom stereocenters. The topological polar surface area (TPSA) is 80.7 Å². The largest absolute Gasteiger partial charge is 0.481 e. The second-order valence-electron chi connectivity index (χ2n) is 5.06. The molecule has 0 saturated carbocycles. The molecule has 0 aliphatic rings. The smallest absolute Gasteiger partial charge is 0.375 e. The van der Waals surface area contributed by atoms with Gasteiger partial charge in [0.25, 0.3) is 0 Å². The number of aliphatic carboxylic acids is 1. The summed E-state index contributed by atoms with van der Waals surface area (Å²) in [6.07, 6.45) is -0.0184. The van der Waals surface area contributed by atoms with E-state index in [2.05, 4.69) is 0 Å². The van der Waals surface area contributed by atoms with Crippen LogP contribution in [-0.2, 0) is 19.1 Å². The lowest BCUT2D eigenvalue weighted by molar-refractivity contribution is -0.165. The molecule has 5 nitrogen and oxygen atoms in total. The van der Waals surface area contributed by atoms with E-state index >= 15 is 0 Å². The maximum Gasteiger partial charge on any atom is 0.375 e. The van der Waals surface area contributed by atoms with Crippen LogP contribution < -0.4 is 0 Å². The Morgan fingerprint density at radius 3 is 2.12 bits per heavy atom. The fraction of sp³-hybridized carbons (Fsp3) is 0.750. The molecule has 98 valence electrons. The van der Waals surface area contributed by atoms with Crippen molar-refractivity contribution in [2.24, 2.45) is 5.92 Å². The highest BCUT2D eigenvalue weighted by Crippen LogP contribution is 2.20. The third kappa shape index (κ3) is 7.49. The molecule has 0 radical (unpaired) electrons. The van der Waals surface area contributed by atoms with Crippen LogP contribution in [-0.4, -0.2) is 28.4 Å². The van der Waals surface area contributed by atoms with Gasteiger partial charge in [0.05, 0.1) is 6.42 Å². The number of carboxylic acid groups (broad SMARTS) is 1. The number of Topliss-reactive ketones (excluding diaryl/α,β-unsaturated/α-hetero) is 1. The molecule has 0 aromatic rings. The molecular weight excluding hydrogens is 224 g/mol. The first-order valence-electron chi connectivity index (χ1n) is 5.62. The predicted octanol–water partition coefficient (Wildman–Crippen LogP) is 1.79. The van der Waals surface area contributed by atoms with Crippen molar-refractivity contribution in [1.82, 2.24) is 0 Å². The van der Waals surface area contributed by atoms with Gasteiger partial charge in [-0.05, 0) is 26.2 Å². The van der Waals surface area contributed by atoms with Crippen molar-refractivity contribution in [1.29, 1.82) is 0 Å². The van der Waals surface area contributed by atoms with E-state index < -0.39 is 23.3 Å². The summed E-state index contributed by atoms with van der Waals surface area (Å²) in [5.74, 6) is -2.50. The van der Waals surface area contributed by atoms with Crippen LogP contribution in [0.4, 0.5) is 0 Å². The highest BCUT2D eigenvalue weighted by molar-refractivity contribution is 6.33. The molecule has 0 atom stereocenters. The van der Waals surface area contributed by atoms with Gasteiger partial charge in [-0.3, -0.25) is 9.59 Å². The number of carbonyl (C=O) groups excluding carboxylic acids is 2. The number of carbonyl (C=O) groups is 3. The summed E-state index contributed by atoms with van der Waals surface area (Å²) < 4.78 is 5.06. The van der Waals surface area contributed by atoms with Gasteiger partial charge >= 0.3 is 11.9 Å². The van der Waals surface area contributed by atoms with E-state index in [-0.39, 0.29) is 12.8 Å². The molecular formula is C12H20O5. The van der Waals surface area contributed by atoms with Gasteiger partial charge in [0.1, 0.15) is 5.60 Å². The maximum absolute atomic E-state index is 11.4. The molecule has 0 aliphatic carbocycles. The first kappa shape index (κ1) is 15.6. The van der Waals surface area contributed by atoms with Gasteiger partial charge in [0.2, 0.25) is 5.78 Å². The number of esters is 1. The molecule has 0 amide bonds. The Morgan fingerprint density at radius 1 is 1.18 bits per heavy atom. The lowest BCUT2D eigenvalue weighted by Gasteiger charge is -2.26. The number of hydrogen-bond acceptors (Lipinski definition) is 4. The number of rotatable bonds is 7. The maximum atomic E-state index is 11.4. The summed E-state index contributed by atoms with van der Waals surface area (Å²) in [5, 5.41) is 8.39. The molecule has 0 bridgehead atoms. The van der Waals surface area contributed by atoms with E-state index in [1.807, 2.05) is 13.8 Å². The van der Waals surface area contributed by atoms with E-state index in [1.54, 1.807) is 13.8 Å². The number of carboxylic acids is 1. The lowest BCUT2D eigenvalue weighted by Crippen LogP contribution is -2.33. The van der Waals surface area contributed by atoms with Crippen molar-refractivity contribution < 1.29 is 24.2 Å². The molecule has 17 heavy (non-hydrogen) atoms. The van der Waals surface area contributed by atoms with Crippen molar-refractivity contribution in [2.75, 3.05) is 0 Å². The van der Waals surface area contributed by atoms with Gasteiger partial charge in [-0.25, -0.2) is 4.79 Å². The third-order valence-electron chi connectivity index (χ3n) is 2.06. The Labute approximate surface area is 101 Å². The lowest BCUT2D eigenvalue weighted by atomic mass is 9.96. The van der Waals surface area contributed by atoms with E-state index in [0.29, 0.717) is 12.3 Å². The second-order valence-corrected chi connectivity index (χ2v) is 5.06. The first-order valence-corrected chi connectivity index (χ1v) is 5.62. The molecule has 0 aromatic carbocycles. The molecule has 0 aliphatic heterocycles. The highest BCUT2D eigenvalue weighted by Gasteiger charge is 2.27. The molecule has 0 aromatic heterocycles. The fourth-order valence-electron chi connectivity index (χ4n) is 1.66. The Morgan fingerprint density at radius 2 is 1.71 bits per heavy atom. The van der Waals surface area contributed by atoms with Crippen molar-refractivity contribution in [3.63, 3.8) is 0 Å². The number of ketones is 1. The fourth-order valence-corrected chi connectivity index (χ4v) is 1.66. The molecule has 5 heteroatoms. The average molecular weight is 244 g/mol. The van der Waals surface area contributed by atoms with Gasteiger partial charge in [0.15, 0.2) is 0 Å². The zero-order chi connectivity index (χ0) is 13.6. The van der Waals surface area contributed by atoms with E-state index in [0.717, 1.165) is 0 Å². The Balaban J connectivity index is 4.24. The van der Waals surface area contributed by atoms with Crippen LogP contribution in [0, 0.1) is 5.92 Å². The van der Waals surface area contributed by atoms with Gasteiger partial charge in [-0.15, -0.1) is 0 Å². The Hall–Kier alpha value is -1.39.